The number of aryl methyl sites for hydroxylation is 1. The second kappa shape index (κ2) is 9.56. The summed E-state index contributed by atoms with van der Waals surface area (Å²) in [6, 6.07) is -4.24. The zero-order valence-corrected chi connectivity index (χ0v) is 16.9. The number of benzene rings is 1. The Balaban J connectivity index is 2.37. The zero-order chi connectivity index (χ0) is 38.6. The van der Waals surface area contributed by atoms with Gasteiger partial charge in [-0.2, -0.15) is 0 Å². The average Bonchev–Trinajstić information content (AvgIpc) is 2.92. The van der Waals surface area contributed by atoms with E-state index in [1.165, 1.54) is 14.2 Å². The summed E-state index contributed by atoms with van der Waals surface area (Å²) in [5, 5.41) is 0. The van der Waals surface area contributed by atoms with E-state index in [2.05, 4.69) is 0 Å². The van der Waals surface area contributed by atoms with E-state index in [-0.39, 0.29) is 17.1 Å². The fourth-order valence-corrected chi connectivity index (χ4v) is 3.43. The van der Waals surface area contributed by atoms with E-state index in [0.29, 0.717) is 11.8 Å². The maximum Gasteiger partial charge on any atom is 0.323 e. The molecule has 0 aromatic heterocycles. The Morgan fingerprint density at radius 3 is 2.80 bits per heavy atom. The van der Waals surface area contributed by atoms with Crippen molar-refractivity contribution in [2.45, 2.75) is 64.8 Å². The molecule has 0 aliphatic carbocycles. The SMILES string of the molecule is [2H]C12CC(OC(=O)[C@@]([2H])(N)C([2H])(C([2H])([2H])[2H])C([2H])([2H])[2H])C(C([2H])([2H])C([2H])(C)C([2H])([2H])[2H])CN1C([2H])([2H])C([2H])([2H])c1cc(OC)c(OC)cc12. The monoisotopic (exact) mass is 437 g/mol. The van der Waals surface area contributed by atoms with Gasteiger partial charge < -0.3 is 19.9 Å². The molecule has 168 valence electrons. The van der Waals surface area contributed by atoms with Gasteiger partial charge in [0.05, 0.1) is 17.0 Å². The molecule has 0 spiro atoms. The van der Waals surface area contributed by atoms with Crippen LogP contribution >= 0.6 is 0 Å². The highest BCUT2D eigenvalue weighted by Crippen LogP contribution is 2.44. The molecule has 0 bridgehead atoms. The number of ether oxygens (including phenoxy) is 3. The number of carbonyl (C=O) groups excluding carboxylic acids is 1. The normalized spacial score (nSPS) is 45.1. The van der Waals surface area contributed by atoms with Crippen molar-refractivity contribution in [2.75, 3.05) is 27.3 Å². The predicted molar refractivity (Wildman–Crippen MR) is 118 cm³/mol. The number of nitrogens with two attached hydrogens (primary N) is 1. The number of piperidine rings is 1. The lowest BCUT2D eigenvalue weighted by atomic mass is 9.79. The lowest BCUT2D eigenvalue weighted by molar-refractivity contribution is -0.160. The molecule has 1 aromatic rings. The van der Waals surface area contributed by atoms with Crippen molar-refractivity contribution in [1.29, 1.82) is 0 Å². The maximum atomic E-state index is 13.6. The van der Waals surface area contributed by atoms with Gasteiger partial charge >= 0.3 is 5.97 Å². The molecule has 2 heterocycles. The Labute approximate surface area is 207 Å². The van der Waals surface area contributed by atoms with Crippen molar-refractivity contribution in [3.63, 3.8) is 0 Å². The quantitative estimate of drug-likeness (QED) is 0.658. The second-order valence-electron chi connectivity index (χ2n) is 6.86. The fraction of sp³-hybridized carbons (Fsp3) is 0.708. The summed E-state index contributed by atoms with van der Waals surface area (Å²) in [6.07, 6.45) is -9.51. The maximum absolute atomic E-state index is 13.6. The van der Waals surface area contributed by atoms with E-state index in [1.54, 1.807) is 0 Å². The molecular weight excluding hydrogens is 380 g/mol. The molecule has 1 fully saturated rings. The number of hydrogen-bond acceptors (Lipinski definition) is 6. The summed E-state index contributed by atoms with van der Waals surface area (Å²) < 4.78 is 173. The molecule has 1 aromatic carbocycles. The van der Waals surface area contributed by atoms with Crippen LogP contribution in [0.5, 0.6) is 11.5 Å². The first kappa shape index (κ1) is 8.62. The lowest BCUT2D eigenvalue weighted by Gasteiger charge is -2.47. The van der Waals surface area contributed by atoms with Gasteiger partial charge in [-0.25, -0.2) is 0 Å². The lowest BCUT2D eigenvalue weighted by Crippen LogP contribution is -2.51. The Kier molecular flexibility index (Phi) is 2.75. The van der Waals surface area contributed by atoms with Crippen molar-refractivity contribution in [2.24, 2.45) is 23.4 Å². The van der Waals surface area contributed by atoms with Crippen LogP contribution in [0.1, 0.15) is 83.5 Å². The minimum atomic E-state index is -4.05. The van der Waals surface area contributed by atoms with E-state index in [4.69, 9.17) is 44.6 Å². The van der Waals surface area contributed by atoms with Gasteiger partial charge in [-0.05, 0) is 47.8 Å². The molecule has 6 heteroatoms. The van der Waals surface area contributed by atoms with Crippen molar-refractivity contribution in [3.8, 4) is 11.5 Å². The van der Waals surface area contributed by atoms with Crippen LogP contribution in [0.15, 0.2) is 12.1 Å². The average molecular weight is 438 g/mol. The molecule has 5 atom stereocenters. The smallest absolute Gasteiger partial charge is 0.323 e. The minimum Gasteiger partial charge on any atom is -0.493 e. The van der Waals surface area contributed by atoms with Gasteiger partial charge in [0, 0.05) is 54.7 Å². The van der Waals surface area contributed by atoms with Crippen LogP contribution < -0.4 is 15.2 Å². The number of fused-ring (bicyclic) bond motifs is 3. The van der Waals surface area contributed by atoms with Gasteiger partial charge in [0.1, 0.15) is 12.1 Å². The molecule has 2 aliphatic heterocycles. The third-order valence-corrected chi connectivity index (χ3v) is 4.86. The number of carbonyl (C=O) groups is 1. The van der Waals surface area contributed by atoms with Crippen molar-refractivity contribution >= 4 is 5.97 Å². The van der Waals surface area contributed by atoms with Gasteiger partial charge in [-0.1, -0.05) is 27.5 Å². The number of esters is 1. The molecule has 6 nitrogen and oxygen atoms in total. The van der Waals surface area contributed by atoms with Crippen molar-refractivity contribution < 1.29 is 45.0 Å². The standard InChI is InChI=1S/C24H38N2O4/c1-14(2)9-17-13-26-8-7-16-10-21(28-5)22(29-6)11-18(16)19(26)12-20(17)30-24(27)23(25)15(3)4/h10-11,14-15,17,19-20,23H,7-9,12-13,25H2,1-6H3/t17?,19?,20?,23-/m0/s1/i1D3,3D3,4D3,7D2,8D2,9D2,14D,15D,19D,23D/t14?,17?,19?,20?,23-. The molecular formula is C24H38N2O4. The van der Waals surface area contributed by atoms with Crippen LogP contribution in [0.4, 0.5) is 0 Å². The molecule has 0 amide bonds. The summed E-state index contributed by atoms with van der Waals surface area (Å²) in [7, 11) is 2.43. The predicted octanol–water partition coefficient (Wildman–Crippen LogP) is 3.56. The molecule has 30 heavy (non-hydrogen) atoms. The first-order valence-electron chi connectivity index (χ1n) is 18.6. The van der Waals surface area contributed by atoms with Gasteiger partial charge in [0.25, 0.3) is 0 Å². The fourth-order valence-electron chi connectivity index (χ4n) is 3.43. The van der Waals surface area contributed by atoms with E-state index in [9.17, 15) is 6.17 Å². The van der Waals surface area contributed by atoms with Crippen LogP contribution in [0.25, 0.3) is 0 Å². The molecule has 3 rings (SSSR count). The molecule has 0 saturated carbocycles. The van der Waals surface area contributed by atoms with Gasteiger partial charge in [0.2, 0.25) is 0 Å². The highest BCUT2D eigenvalue weighted by atomic mass is 16.5. The van der Waals surface area contributed by atoms with Gasteiger partial charge in [-0.15, -0.1) is 0 Å². The summed E-state index contributed by atoms with van der Waals surface area (Å²) in [6.45, 7) is -14.8. The molecule has 1 saturated heterocycles. The summed E-state index contributed by atoms with van der Waals surface area (Å²) in [4.78, 5) is 14.2. The van der Waals surface area contributed by atoms with E-state index in [0.717, 1.165) is 12.1 Å². The Bertz CT molecular complexity index is 1440. The Morgan fingerprint density at radius 2 is 2.13 bits per heavy atom. The first-order valence-corrected chi connectivity index (χ1v) is 9.12. The third kappa shape index (κ3) is 4.75. The highest BCUT2D eigenvalue weighted by molar-refractivity contribution is 5.76. The Hall–Kier alpha value is -1.79. The number of methoxy groups -OCH3 is 2. The minimum absolute atomic E-state index is 0.0558. The number of hydrogen-bond donors (Lipinski definition) is 1. The van der Waals surface area contributed by atoms with E-state index in [1.807, 2.05) is 0 Å². The van der Waals surface area contributed by atoms with Gasteiger partial charge in [-0.3, -0.25) is 9.69 Å². The van der Waals surface area contributed by atoms with E-state index >= 15 is 0 Å². The van der Waals surface area contributed by atoms with Crippen molar-refractivity contribution in [1.82, 2.24) is 4.90 Å². The Morgan fingerprint density at radius 1 is 1.40 bits per heavy atom. The summed E-state index contributed by atoms with van der Waals surface area (Å²) in [5.74, 6) is -11.5. The van der Waals surface area contributed by atoms with Crippen LogP contribution in [-0.4, -0.2) is 50.3 Å². The summed E-state index contributed by atoms with van der Waals surface area (Å²) in [5.41, 5.74) is 4.98. The largest absolute Gasteiger partial charge is 0.493 e. The number of nitrogens with zero attached hydrogens (tertiary/aromatic N) is 1. The number of rotatable bonds is 7. The molecule has 4 unspecified atom stereocenters. The van der Waals surface area contributed by atoms with Crippen LogP contribution in [-0.2, 0) is 15.9 Å². The first-order chi connectivity index (χ1) is 21.6. The molecule has 0 radical (unpaired) electrons. The third-order valence-electron chi connectivity index (χ3n) is 4.86. The molecule has 2 aliphatic rings. The van der Waals surface area contributed by atoms with Crippen LogP contribution in [0.3, 0.4) is 0 Å². The zero-order valence-electron chi connectivity index (χ0n) is 35.9. The van der Waals surface area contributed by atoms with Crippen LogP contribution in [0.2, 0.25) is 0 Å². The van der Waals surface area contributed by atoms with E-state index < -0.39 is 100 Å². The topological polar surface area (TPSA) is 74.0 Å². The second-order valence-corrected chi connectivity index (χ2v) is 6.86. The molecule has 2 N–H and O–H groups in total. The highest BCUT2D eigenvalue weighted by Gasteiger charge is 2.41. The van der Waals surface area contributed by atoms with Gasteiger partial charge in [0.15, 0.2) is 11.5 Å². The summed E-state index contributed by atoms with van der Waals surface area (Å²) >= 11 is 0. The van der Waals surface area contributed by atoms with Crippen LogP contribution in [0, 0.1) is 17.7 Å². The van der Waals surface area contributed by atoms with Crippen molar-refractivity contribution in [3.05, 3.63) is 23.3 Å².